The molecule has 0 saturated carbocycles. The van der Waals surface area contributed by atoms with E-state index in [-0.39, 0.29) is 0 Å². The van der Waals surface area contributed by atoms with E-state index in [1.54, 1.807) is 0 Å². The molecular weight excluding hydrogens is 356 g/mol. The smallest absolute Gasteiger partial charge is 0.178 e. The maximum Gasteiger partial charge on any atom is 0.178 e. The van der Waals surface area contributed by atoms with Gasteiger partial charge in [0.25, 0.3) is 0 Å². The summed E-state index contributed by atoms with van der Waals surface area (Å²) in [7, 11) is 0. The number of fused-ring (bicyclic) bond motifs is 2. The van der Waals surface area contributed by atoms with Crippen molar-refractivity contribution in [1.82, 2.24) is 19.5 Å². The fraction of sp³-hybridized carbons (Fsp3) is 0.167. The molecule has 4 rings (SSSR count). The van der Waals surface area contributed by atoms with Crippen LogP contribution in [-0.2, 0) is 13.1 Å². The van der Waals surface area contributed by atoms with Crippen LogP contribution >= 0.6 is 12.2 Å². The van der Waals surface area contributed by atoms with Crippen LogP contribution < -0.4 is 5.32 Å². The largest absolute Gasteiger partial charge is 0.365 e. The highest BCUT2D eigenvalue weighted by molar-refractivity contribution is 7.71. The van der Waals surface area contributed by atoms with E-state index in [0.717, 1.165) is 34.5 Å². The van der Waals surface area contributed by atoms with E-state index in [1.165, 1.54) is 18.5 Å². The molecular formula is C18H15F2N5S. The minimum Gasteiger partial charge on any atom is -0.365 e. The summed E-state index contributed by atoms with van der Waals surface area (Å²) in [6, 6.07) is 7.72. The van der Waals surface area contributed by atoms with Gasteiger partial charge in [0, 0.05) is 18.5 Å². The number of imidazole rings is 1. The van der Waals surface area contributed by atoms with Crippen LogP contribution in [0.1, 0.15) is 12.5 Å². The lowest BCUT2D eigenvalue weighted by atomic mass is 10.2. The minimum atomic E-state index is -0.868. The topological polar surface area (TPSA) is 58.5 Å². The van der Waals surface area contributed by atoms with Crippen LogP contribution in [0.5, 0.6) is 0 Å². The van der Waals surface area contributed by atoms with E-state index in [0.29, 0.717) is 22.7 Å². The fourth-order valence-corrected chi connectivity index (χ4v) is 3.34. The number of benzene rings is 2. The Balaban J connectivity index is 1.74. The molecule has 2 N–H and O–H groups in total. The quantitative estimate of drug-likeness (QED) is 0.517. The number of aromatic amines is 1. The van der Waals surface area contributed by atoms with Crippen LogP contribution in [0.2, 0.25) is 0 Å². The number of nitrogens with zero attached hydrogens (tertiary/aromatic N) is 3. The summed E-state index contributed by atoms with van der Waals surface area (Å²) in [5.41, 5.74) is 3.27. The Kier molecular flexibility index (Phi) is 4.12. The normalized spacial score (nSPS) is 11.3. The zero-order chi connectivity index (χ0) is 18.3. The lowest BCUT2D eigenvalue weighted by molar-refractivity contribution is 0.507. The average molecular weight is 371 g/mol. The van der Waals surface area contributed by atoms with Gasteiger partial charge in [-0.3, -0.25) is 0 Å². The number of hydrogen-bond donors (Lipinski definition) is 2. The van der Waals surface area contributed by atoms with Crippen LogP contribution in [0, 0.1) is 16.4 Å². The van der Waals surface area contributed by atoms with Crippen molar-refractivity contribution in [2.75, 3.05) is 5.32 Å². The van der Waals surface area contributed by atoms with Crippen molar-refractivity contribution in [2.45, 2.75) is 20.0 Å². The molecule has 0 atom stereocenters. The van der Waals surface area contributed by atoms with Crippen LogP contribution in [0.4, 0.5) is 14.6 Å². The molecule has 0 bridgehead atoms. The van der Waals surface area contributed by atoms with E-state index >= 15 is 0 Å². The molecule has 8 heteroatoms. The third kappa shape index (κ3) is 2.82. The van der Waals surface area contributed by atoms with Crippen molar-refractivity contribution in [3.63, 3.8) is 0 Å². The molecule has 2 aromatic heterocycles. The van der Waals surface area contributed by atoms with E-state index in [2.05, 4.69) is 20.3 Å². The second-order valence-electron chi connectivity index (χ2n) is 5.89. The van der Waals surface area contributed by atoms with Gasteiger partial charge in [0.15, 0.2) is 16.4 Å². The maximum absolute atomic E-state index is 13.4. The highest BCUT2D eigenvalue weighted by Crippen LogP contribution is 2.26. The Morgan fingerprint density at radius 1 is 1.15 bits per heavy atom. The van der Waals surface area contributed by atoms with Crippen molar-refractivity contribution in [1.29, 1.82) is 0 Å². The molecule has 0 spiro atoms. The number of aryl methyl sites for hydroxylation is 1. The Morgan fingerprint density at radius 3 is 2.77 bits per heavy atom. The number of anilines is 1. The second kappa shape index (κ2) is 6.45. The number of H-pyrrole nitrogens is 1. The zero-order valence-corrected chi connectivity index (χ0v) is 14.7. The summed E-state index contributed by atoms with van der Waals surface area (Å²) in [5, 5.41) is 3.99. The van der Waals surface area contributed by atoms with E-state index in [9.17, 15) is 8.78 Å². The summed E-state index contributed by atoms with van der Waals surface area (Å²) < 4.78 is 29.1. The molecule has 0 aliphatic heterocycles. The molecule has 0 amide bonds. The van der Waals surface area contributed by atoms with Gasteiger partial charge in [-0.25, -0.2) is 18.7 Å². The predicted octanol–water partition coefficient (Wildman–Crippen LogP) is 4.55. The molecule has 0 saturated heterocycles. The first kappa shape index (κ1) is 16.6. The van der Waals surface area contributed by atoms with Crippen molar-refractivity contribution in [3.05, 3.63) is 58.6 Å². The monoisotopic (exact) mass is 371 g/mol. The minimum absolute atomic E-state index is 0.313. The highest BCUT2D eigenvalue weighted by Gasteiger charge is 2.10. The van der Waals surface area contributed by atoms with Gasteiger partial charge in [-0.1, -0.05) is 6.07 Å². The number of aromatic nitrogens is 4. The first-order chi connectivity index (χ1) is 12.6. The van der Waals surface area contributed by atoms with E-state index < -0.39 is 11.6 Å². The van der Waals surface area contributed by atoms with E-state index in [1.807, 2.05) is 23.6 Å². The lowest BCUT2D eigenvalue weighted by Gasteiger charge is -2.09. The molecule has 5 nitrogen and oxygen atoms in total. The summed E-state index contributed by atoms with van der Waals surface area (Å²) in [5.74, 6) is -1.11. The third-order valence-electron chi connectivity index (χ3n) is 4.29. The standard InChI is InChI=1S/C18H15F2N5S/c1-2-25-16-7-14-11(6-15(16)24-18(25)26)17(23-9-22-14)21-8-10-3-4-12(19)13(20)5-10/h3-7,9H,2,8H2,1H3,(H,24,26)(H,21,22,23). The van der Waals surface area contributed by atoms with Gasteiger partial charge < -0.3 is 14.9 Å². The number of rotatable bonds is 4. The van der Waals surface area contributed by atoms with Crippen LogP contribution in [-0.4, -0.2) is 19.5 Å². The zero-order valence-electron chi connectivity index (χ0n) is 13.9. The van der Waals surface area contributed by atoms with Crippen LogP contribution in [0.25, 0.3) is 21.9 Å². The van der Waals surface area contributed by atoms with Crippen molar-refractivity contribution >= 4 is 40.0 Å². The SMILES string of the molecule is CCn1c(=S)[nH]c2cc3c(NCc4ccc(F)c(F)c4)ncnc3cc21. The molecule has 0 aliphatic rings. The molecule has 0 radical (unpaired) electrons. The Labute approximate surface area is 152 Å². The Morgan fingerprint density at radius 2 is 2.00 bits per heavy atom. The third-order valence-corrected chi connectivity index (χ3v) is 4.61. The number of halogens is 2. The summed E-state index contributed by atoms with van der Waals surface area (Å²) in [6.07, 6.45) is 1.47. The van der Waals surface area contributed by atoms with Gasteiger partial charge in [-0.15, -0.1) is 0 Å². The van der Waals surface area contributed by atoms with Gasteiger partial charge in [-0.2, -0.15) is 0 Å². The first-order valence-electron chi connectivity index (χ1n) is 8.12. The molecule has 2 heterocycles. The van der Waals surface area contributed by atoms with Gasteiger partial charge in [-0.05, 0) is 49.0 Å². The number of hydrogen-bond acceptors (Lipinski definition) is 4. The van der Waals surface area contributed by atoms with Gasteiger partial charge >= 0.3 is 0 Å². The molecule has 4 aromatic rings. The lowest BCUT2D eigenvalue weighted by Crippen LogP contribution is -2.03. The summed E-state index contributed by atoms with van der Waals surface area (Å²) in [4.78, 5) is 11.8. The first-order valence-corrected chi connectivity index (χ1v) is 8.52. The van der Waals surface area contributed by atoms with Gasteiger partial charge in [0.05, 0.1) is 16.6 Å². The summed E-state index contributed by atoms with van der Waals surface area (Å²) >= 11 is 5.35. The number of nitrogens with one attached hydrogen (secondary N) is 2. The Bertz CT molecular complexity index is 1180. The molecule has 132 valence electrons. The van der Waals surface area contributed by atoms with Gasteiger partial charge in [0.2, 0.25) is 0 Å². The van der Waals surface area contributed by atoms with Crippen molar-refractivity contribution in [3.8, 4) is 0 Å². The van der Waals surface area contributed by atoms with Gasteiger partial charge in [0.1, 0.15) is 12.1 Å². The second-order valence-corrected chi connectivity index (χ2v) is 6.27. The van der Waals surface area contributed by atoms with Crippen LogP contribution in [0.15, 0.2) is 36.7 Å². The highest BCUT2D eigenvalue weighted by atomic mass is 32.1. The Hall–Kier alpha value is -2.87. The molecule has 26 heavy (non-hydrogen) atoms. The molecule has 0 fully saturated rings. The predicted molar refractivity (Wildman–Crippen MR) is 99.6 cm³/mol. The van der Waals surface area contributed by atoms with Crippen molar-refractivity contribution in [2.24, 2.45) is 0 Å². The molecule has 2 aromatic carbocycles. The van der Waals surface area contributed by atoms with E-state index in [4.69, 9.17) is 12.2 Å². The van der Waals surface area contributed by atoms with Crippen LogP contribution in [0.3, 0.4) is 0 Å². The molecule has 0 aliphatic carbocycles. The molecule has 0 unspecified atom stereocenters. The average Bonchev–Trinajstić information content (AvgIpc) is 2.94. The fourth-order valence-electron chi connectivity index (χ4n) is 3.00. The summed E-state index contributed by atoms with van der Waals surface area (Å²) in [6.45, 7) is 3.10. The van der Waals surface area contributed by atoms with Crippen molar-refractivity contribution < 1.29 is 8.78 Å². The maximum atomic E-state index is 13.4.